The molecule has 204 valence electrons. The summed E-state index contributed by atoms with van der Waals surface area (Å²) in [7, 11) is 2.98. The summed E-state index contributed by atoms with van der Waals surface area (Å²) in [5, 5.41) is 11.3. The summed E-state index contributed by atoms with van der Waals surface area (Å²) in [5.74, 6) is -1.87. The smallest absolute Gasteiger partial charge is 0.295 e. The fraction of sp³-hybridized carbons (Fsp3) is 0.429. The first kappa shape index (κ1) is 27.4. The van der Waals surface area contributed by atoms with E-state index in [1.54, 1.807) is 32.0 Å². The third-order valence-corrected chi connectivity index (χ3v) is 6.60. The molecule has 2 fully saturated rings. The first-order valence-corrected chi connectivity index (χ1v) is 12.5. The zero-order chi connectivity index (χ0) is 27.4. The van der Waals surface area contributed by atoms with Gasteiger partial charge in [0.25, 0.3) is 11.7 Å². The molecule has 0 bridgehead atoms. The predicted octanol–water partition coefficient (Wildman–Crippen LogP) is 3.38. The largest absolute Gasteiger partial charge is 0.507 e. The van der Waals surface area contributed by atoms with E-state index in [2.05, 4.69) is 4.90 Å². The summed E-state index contributed by atoms with van der Waals surface area (Å²) in [6.07, 6.45) is -0.249. The van der Waals surface area contributed by atoms with Gasteiger partial charge in [-0.2, -0.15) is 0 Å². The van der Waals surface area contributed by atoms with Crippen molar-refractivity contribution in [1.82, 2.24) is 9.80 Å². The molecule has 2 aliphatic rings. The van der Waals surface area contributed by atoms with Gasteiger partial charge in [0.15, 0.2) is 11.6 Å². The van der Waals surface area contributed by atoms with Crippen LogP contribution in [0.4, 0.5) is 4.39 Å². The number of hydrogen-bond donors (Lipinski definition) is 1. The number of ether oxygens (including phenoxy) is 4. The number of ketones is 1. The molecule has 2 heterocycles. The maximum atomic E-state index is 14.8. The molecule has 0 saturated carbocycles. The zero-order valence-corrected chi connectivity index (χ0v) is 22.0. The van der Waals surface area contributed by atoms with Crippen LogP contribution in [0.25, 0.3) is 5.76 Å². The maximum Gasteiger partial charge on any atom is 0.295 e. The molecule has 9 nitrogen and oxygen atoms in total. The van der Waals surface area contributed by atoms with Crippen LogP contribution in [0, 0.1) is 5.82 Å². The number of methoxy groups -OCH3 is 2. The molecule has 1 N–H and O–H groups in total. The highest BCUT2D eigenvalue weighted by Gasteiger charge is 2.47. The van der Waals surface area contributed by atoms with Gasteiger partial charge >= 0.3 is 0 Å². The molecule has 2 aromatic carbocycles. The van der Waals surface area contributed by atoms with Gasteiger partial charge in [0.1, 0.15) is 17.3 Å². The van der Waals surface area contributed by atoms with Crippen LogP contribution >= 0.6 is 0 Å². The van der Waals surface area contributed by atoms with Crippen LogP contribution in [0.15, 0.2) is 42.0 Å². The van der Waals surface area contributed by atoms with Crippen molar-refractivity contribution >= 4 is 17.4 Å². The quantitative estimate of drug-likeness (QED) is 0.301. The Morgan fingerprint density at radius 2 is 1.76 bits per heavy atom. The molecule has 38 heavy (non-hydrogen) atoms. The Labute approximate surface area is 221 Å². The van der Waals surface area contributed by atoms with Crippen LogP contribution in [0.1, 0.15) is 31.0 Å². The van der Waals surface area contributed by atoms with Crippen LogP contribution in [-0.4, -0.2) is 86.3 Å². The van der Waals surface area contributed by atoms with E-state index in [1.165, 1.54) is 31.3 Å². The van der Waals surface area contributed by atoms with E-state index >= 15 is 0 Å². The Bertz CT molecular complexity index is 1220. The summed E-state index contributed by atoms with van der Waals surface area (Å²) >= 11 is 0. The lowest BCUT2D eigenvalue weighted by atomic mass is 9.94. The number of Topliss-reactive ketones (excluding diaryl/α,β-unsaturated/α-hetero) is 1. The molecule has 2 saturated heterocycles. The number of aliphatic hydroxyl groups excluding tert-OH is 1. The summed E-state index contributed by atoms with van der Waals surface area (Å²) in [5.41, 5.74) is 0.368. The lowest BCUT2D eigenvalue weighted by Gasteiger charge is -2.31. The summed E-state index contributed by atoms with van der Waals surface area (Å²) in [4.78, 5) is 30.3. The topological polar surface area (TPSA) is 97.8 Å². The fourth-order valence-corrected chi connectivity index (χ4v) is 4.71. The molecule has 0 aromatic heterocycles. The van der Waals surface area contributed by atoms with E-state index in [-0.39, 0.29) is 29.5 Å². The van der Waals surface area contributed by atoms with Crippen molar-refractivity contribution in [2.24, 2.45) is 0 Å². The molecule has 2 aromatic rings. The molecule has 0 aliphatic carbocycles. The van der Waals surface area contributed by atoms with Crippen LogP contribution in [0.2, 0.25) is 0 Å². The van der Waals surface area contributed by atoms with Crippen molar-refractivity contribution < 1.29 is 38.0 Å². The minimum atomic E-state index is -0.976. The van der Waals surface area contributed by atoms with E-state index < -0.39 is 29.3 Å². The minimum absolute atomic E-state index is 0.0218. The third kappa shape index (κ3) is 5.61. The monoisotopic (exact) mass is 528 g/mol. The van der Waals surface area contributed by atoms with Gasteiger partial charge in [-0.1, -0.05) is 0 Å². The average molecular weight is 529 g/mol. The number of benzene rings is 2. The lowest BCUT2D eigenvalue weighted by Crippen LogP contribution is -2.42. The van der Waals surface area contributed by atoms with Gasteiger partial charge in [-0.3, -0.25) is 14.5 Å². The number of rotatable bonds is 9. The molecule has 2 aliphatic heterocycles. The molecule has 0 spiro atoms. The van der Waals surface area contributed by atoms with Gasteiger partial charge in [0.2, 0.25) is 0 Å². The average Bonchev–Trinajstić information content (AvgIpc) is 3.17. The normalized spacial score (nSPS) is 19.7. The lowest BCUT2D eigenvalue weighted by molar-refractivity contribution is -0.140. The second kappa shape index (κ2) is 11.8. The Morgan fingerprint density at radius 1 is 1.05 bits per heavy atom. The Hall–Kier alpha value is -3.63. The predicted molar refractivity (Wildman–Crippen MR) is 138 cm³/mol. The molecular weight excluding hydrogens is 495 g/mol. The number of amides is 1. The number of nitrogens with zero attached hydrogens (tertiary/aromatic N) is 2. The summed E-state index contributed by atoms with van der Waals surface area (Å²) in [6.45, 7) is 6.88. The van der Waals surface area contributed by atoms with Crippen molar-refractivity contribution in [3.8, 4) is 17.2 Å². The van der Waals surface area contributed by atoms with Crippen LogP contribution in [-0.2, 0) is 14.3 Å². The summed E-state index contributed by atoms with van der Waals surface area (Å²) < 4.78 is 36.6. The van der Waals surface area contributed by atoms with Crippen molar-refractivity contribution in [3.63, 3.8) is 0 Å². The number of carbonyl (C=O) groups is 2. The van der Waals surface area contributed by atoms with Gasteiger partial charge in [-0.25, -0.2) is 4.39 Å². The maximum absolute atomic E-state index is 14.8. The number of likely N-dealkylation sites (tertiary alicyclic amines) is 1. The van der Waals surface area contributed by atoms with Crippen LogP contribution in [0.3, 0.4) is 0 Å². The van der Waals surface area contributed by atoms with E-state index in [0.717, 1.165) is 6.07 Å². The Morgan fingerprint density at radius 3 is 2.39 bits per heavy atom. The third-order valence-electron chi connectivity index (χ3n) is 6.60. The Balaban J connectivity index is 1.81. The fourth-order valence-electron chi connectivity index (χ4n) is 4.71. The highest BCUT2D eigenvalue weighted by molar-refractivity contribution is 6.46. The van der Waals surface area contributed by atoms with E-state index in [0.29, 0.717) is 49.9 Å². The summed E-state index contributed by atoms with van der Waals surface area (Å²) in [6, 6.07) is 8.00. The van der Waals surface area contributed by atoms with Gasteiger partial charge in [-0.05, 0) is 50.2 Å². The number of halogens is 1. The zero-order valence-electron chi connectivity index (χ0n) is 22.0. The van der Waals surface area contributed by atoms with Crippen molar-refractivity contribution in [1.29, 1.82) is 0 Å². The highest BCUT2D eigenvalue weighted by atomic mass is 19.1. The van der Waals surface area contributed by atoms with E-state index in [9.17, 15) is 19.1 Å². The number of aliphatic hydroxyl groups is 1. The molecule has 0 radical (unpaired) electrons. The van der Waals surface area contributed by atoms with Crippen molar-refractivity contribution in [2.75, 3.05) is 53.6 Å². The number of morpholine rings is 1. The first-order chi connectivity index (χ1) is 18.2. The van der Waals surface area contributed by atoms with Gasteiger partial charge in [-0.15, -0.1) is 0 Å². The van der Waals surface area contributed by atoms with E-state index in [1.807, 2.05) is 0 Å². The standard InChI is InChI=1S/C28H33FN2O7/c1-17(2)38-23-7-5-18(15-21(23)29)26(32)24-25(20-16-19(35-3)6-8-22(20)36-4)31(28(34)27(24)33)10-9-30-11-13-37-14-12-30/h5-8,15-17,25,32H,9-14H2,1-4H3/b26-24+/t25-/m1/s1. The molecule has 0 unspecified atom stereocenters. The molecule has 10 heteroatoms. The first-order valence-electron chi connectivity index (χ1n) is 12.5. The second-order valence-electron chi connectivity index (χ2n) is 9.37. The van der Waals surface area contributed by atoms with Crippen LogP contribution < -0.4 is 14.2 Å². The highest BCUT2D eigenvalue weighted by Crippen LogP contribution is 2.44. The van der Waals surface area contributed by atoms with Gasteiger partial charge in [0, 0.05) is 37.3 Å². The molecule has 1 atom stereocenters. The number of carbonyl (C=O) groups excluding carboxylic acids is 2. The van der Waals surface area contributed by atoms with Gasteiger partial charge < -0.3 is 29.0 Å². The van der Waals surface area contributed by atoms with E-state index in [4.69, 9.17) is 18.9 Å². The molecule has 1 amide bonds. The van der Waals surface area contributed by atoms with Crippen LogP contribution in [0.5, 0.6) is 17.2 Å². The second-order valence-corrected chi connectivity index (χ2v) is 9.37. The van der Waals surface area contributed by atoms with Crippen molar-refractivity contribution in [2.45, 2.75) is 26.0 Å². The molecular formula is C28H33FN2O7. The van der Waals surface area contributed by atoms with Crippen molar-refractivity contribution in [3.05, 3.63) is 58.9 Å². The minimum Gasteiger partial charge on any atom is -0.507 e. The number of hydrogen-bond acceptors (Lipinski definition) is 8. The Kier molecular flexibility index (Phi) is 8.53. The molecule has 4 rings (SSSR count). The van der Waals surface area contributed by atoms with Gasteiger partial charge in [0.05, 0.1) is 45.2 Å². The SMILES string of the molecule is COc1ccc(OC)c([C@@H]2/C(=C(\O)c3ccc(OC(C)C)c(F)c3)C(=O)C(=O)N2CCN2CCOCC2)c1.